The highest BCUT2D eigenvalue weighted by atomic mass is 16.4. The Morgan fingerprint density at radius 3 is 2.47 bits per heavy atom. The summed E-state index contributed by atoms with van der Waals surface area (Å²) < 4.78 is 0. The number of carboxylic acids is 1. The van der Waals surface area contributed by atoms with E-state index < -0.39 is 12.0 Å². The Kier molecular flexibility index (Phi) is 5.62. The zero-order valence-electron chi connectivity index (χ0n) is 9.62. The molecule has 0 radical (unpaired) electrons. The lowest BCUT2D eigenvalue weighted by molar-refractivity contribution is -0.143. The highest BCUT2D eigenvalue weighted by Crippen LogP contribution is 2.07. The predicted molar refractivity (Wildman–Crippen MR) is 64.4 cm³/mol. The summed E-state index contributed by atoms with van der Waals surface area (Å²) in [5, 5.41) is 18.0. The summed E-state index contributed by atoms with van der Waals surface area (Å²) in [6.07, 6.45) is 0. The topological polar surface area (TPSA) is 86.8 Å². The van der Waals surface area contributed by atoms with Crippen LogP contribution in [0.5, 0.6) is 0 Å². The minimum atomic E-state index is -0.961. The molecule has 5 heteroatoms. The van der Waals surface area contributed by atoms with Crippen molar-refractivity contribution in [3.05, 3.63) is 35.9 Å². The average molecular weight is 238 g/mol. The standard InChI is InChI=1S/C12H18N2O3/c13-8-11(12(16)17)14(6-7-15)9-10-4-2-1-3-5-10/h1-5,11,15H,6-9,13H2,(H,16,17). The molecule has 0 aliphatic carbocycles. The van der Waals surface area contributed by atoms with Crippen molar-refractivity contribution in [2.45, 2.75) is 12.6 Å². The predicted octanol–water partition coefficient (Wildman–Crippen LogP) is -0.107. The van der Waals surface area contributed by atoms with Gasteiger partial charge in [-0.2, -0.15) is 0 Å². The highest BCUT2D eigenvalue weighted by Gasteiger charge is 2.23. The lowest BCUT2D eigenvalue weighted by atomic mass is 10.1. The molecule has 0 aromatic heterocycles. The van der Waals surface area contributed by atoms with Crippen molar-refractivity contribution in [3.8, 4) is 0 Å². The van der Waals surface area contributed by atoms with Gasteiger partial charge in [-0.25, -0.2) is 0 Å². The first-order chi connectivity index (χ1) is 8.19. The Bertz CT molecular complexity index is 343. The van der Waals surface area contributed by atoms with Crippen LogP contribution in [0.15, 0.2) is 30.3 Å². The normalized spacial score (nSPS) is 12.6. The molecule has 0 bridgehead atoms. The van der Waals surface area contributed by atoms with Gasteiger partial charge in [-0.15, -0.1) is 0 Å². The van der Waals surface area contributed by atoms with E-state index in [1.54, 1.807) is 4.90 Å². The molecule has 0 amide bonds. The fourth-order valence-electron chi connectivity index (χ4n) is 1.70. The molecule has 0 saturated carbocycles. The van der Waals surface area contributed by atoms with Crippen LogP contribution in [0.4, 0.5) is 0 Å². The first kappa shape index (κ1) is 13.6. The summed E-state index contributed by atoms with van der Waals surface area (Å²) in [5.41, 5.74) is 6.45. The second-order valence-electron chi connectivity index (χ2n) is 3.77. The van der Waals surface area contributed by atoms with Gasteiger partial charge in [-0.1, -0.05) is 30.3 Å². The first-order valence-corrected chi connectivity index (χ1v) is 5.50. The molecule has 0 aliphatic heterocycles. The number of carbonyl (C=O) groups is 1. The van der Waals surface area contributed by atoms with Crippen molar-refractivity contribution < 1.29 is 15.0 Å². The SMILES string of the molecule is NCC(C(=O)O)N(CCO)Cc1ccccc1. The molecule has 0 fully saturated rings. The molecule has 0 aliphatic rings. The van der Waals surface area contributed by atoms with E-state index in [-0.39, 0.29) is 13.2 Å². The third kappa shape index (κ3) is 4.14. The fourth-order valence-corrected chi connectivity index (χ4v) is 1.70. The van der Waals surface area contributed by atoms with Gasteiger partial charge in [0.15, 0.2) is 0 Å². The Morgan fingerprint density at radius 1 is 1.35 bits per heavy atom. The lowest BCUT2D eigenvalue weighted by Gasteiger charge is -2.27. The third-order valence-corrected chi connectivity index (χ3v) is 2.56. The maximum absolute atomic E-state index is 11.0. The van der Waals surface area contributed by atoms with Crippen LogP contribution in [0.2, 0.25) is 0 Å². The summed E-state index contributed by atoms with van der Waals surface area (Å²) in [4.78, 5) is 12.7. The van der Waals surface area contributed by atoms with Gasteiger partial charge in [-0.3, -0.25) is 9.69 Å². The molecule has 94 valence electrons. The van der Waals surface area contributed by atoms with Crippen LogP contribution in [0.25, 0.3) is 0 Å². The highest BCUT2D eigenvalue weighted by molar-refractivity contribution is 5.73. The molecule has 0 spiro atoms. The maximum atomic E-state index is 11.0. The van der Waals surface area contributed by atoms with Crippen LogP contribution in [-0.2, 0) is 11.3 Å². The monoisotopic (exact) mass is 238 g/mol. The molecule has 1 unspecified atom stereocenters. The average Bonchev–Trinajstić information content (AvgIpc) is 2.31. The Morgan fingerprint density at radius 2 is 2.00 bits per heavy atom. The van der Waals surface area contributed by atoms with Gasteiger partial charge < -0.3 is 15.9 Å². The number of benzene rings is 1. The second-order valence-corrected chi connectivity index (χ2v) is 3.77. The smallest absolute Gasteiger partial charge is 0.322 e. The van der Waals surface area contributed by atoms with E-state index in [0.29, 0.717) is 13.1 Å². The summed E-state index contributed by atoms with van der Waals surface area (Å²) in [7, 11) is 0. The van der Waals surface area contributed by atoms with Gasteiger partial charge in [0.05, 0.1) is 6.61 Å². The zero-order valence-corrected chi connectivity index (χ0v) is 9.62. The van der Waals surface area contributed by atoms with Gasteiger partial charge in [-0.05, 0) is 5.56 Å². The summed E-state index contributed by atoms with van der Waals surface area (Å²) in [5.74, 6) is -0.961. The van der Waals surface area contributed by atoms with Gasteiger partial charge in [0.1, 0.15) is 6.04 Å². The van der Waals surface area contributed by atoms with E-state index in [1.807, 2.05) is 30.3 Å². The third-order valence-electron chi connectivity index (χ3n) is 2.56. The number of aliphatic hydroxyl groups excluding tert-OH is 1. The number of hydrogen-bond acceptors (Lipinski definition) is 4. The minimum absolute atomic E-state index is 0.0299. The number of nitrogens with zero attached hydrogens (tertiary/aromatic N) is 1. The van der Waals surface area contributed by atoms with Crippen LogP contribution >= 0.6 is 0 Å². The molecule has 17 heavy (non-hydrogen) atoms. The van der Waals surface area contributed by atoms with Crippen molar-refractivity contribution in [3.63, 3.8) is 0 Å². The molecule has 1 rings (SSSR count). The van der Waals surface area contributed by atoms with E-state index in [0.717, 1.165) is 5.56 Å². The van der Waals surface area contributed by atoms with Crippen molar-refractivity contribution in [1.29, 1.82) is 0 Å². The molecular weight excluding hydrogens is 220 g/mol. The van der Waals surface area contributed by atoms with Crippen molar-refractivity contribution in [1.82, 2.24) is 4.90 Å². The van der Waals surface area contributed by atoms with Gasteiger partial charge in [0, 0.05) is 19.6 Å². The number of aliphatic hydroxyl groups is 1. The Balaban J connectivity index is 2.75. The molecule has 5 nitrogen and oxygen atoms in total. The summed E-state index contributed by atoms with van der Waals surface area (Å²) in [6, 6.07) is 8.76. The number of aliphatic carboxylic acids is 1. The van der Waals surface area contributed by atoms with Crippen LogP contribution in [-0.4, -0.2) is 46.8 Å². The number of hydrogen-bond donors (Lipinski definition) is 3. The molecule has 1 atom stereocenters. The van der Waals surface area contributed by atoms with Crippen molar-refractivity contribution >= 4 is 5.97 Å². The van der Waals surface area contributed by atoms with Gasteiger partial charge >= 0.3 is 5.97 Å². The summed E-state index contributed by atoms with van der Waals surface area (Å²) >= 11 is 0. The first-order valence-electron chi connectivity index (χ1n) is 5.50. The van der Waals surface area contributed by atoms with E-state index >= 15 is 0 Å². The lowest BCUT2D eigenvalue weighted by Crippen LogP contribution is -2.46. The number of nitrogens with two attached hydrogens (primary N) is 1. The Hall–Kier alpha value is -1.43. The quantitative estimate of drug-likeness (QED) is 0.617. The minimum Gasteiger partial charge on any atom is -0.480 e. The van der Waals surface area contributed by atoms with Crippen LogP contribution < -0.4 is 5.73 Å². The zero-order chi connectivity index (χ0) is 12.7. The van der Waals surface area contributed by atoms with E-state index in [4.69, 9.17) is 15.9 Å². The summed E-state index contributed by atoms with van der Waals surface area (Å²) in [6.45, 7) is 0.706. The van der Waals surface area contributed by atoms with Crippen molar-refractivity contribution in [2.24, 2.45) is 5.73 Å². The maximum Gasteiger partial charge on any atom is 0.322 e. The van der Waals surface area contributed by atoms with E-state index in [2.05, 4.69) is 0 Å². The molecular formula is C12H18N2O3. The van der Waals surface area contributed by atoms with Gasteiger partial charge in [0.25, 0.3) is 0 Å². The van der Waals surface area contributed by atoms with Crippen LogP contribution in [0.3, 0.4) is 0 Å². The Labute approximate surface area is 100 Å². The molecule has 1 aromatic carbocycles. The fraction of sp³-hybridized carbons (Fsp3) is 0.417. The molecule has 1 aromatic rings. The van der Waals surface area contributed by atoms with Crippen molar-refractivity contribution in [2.75, 3.05) is 19.7 Å². The largest absolute Gasteiger partial charge is 0.480 e. The van der Waals surface area contributed by atoms with Crippen LogP contribution in [0, 0.1) is 0 Å². The molecule has 0 saturated heterocycles. The van der Waals surface area contributed by atoms with Gasteiger partial charge in [0.2, 0.25) is 0 Å². The number of rotatable bonds is 7. The van der Waals surface area contributed by atoms with Crippen LogP contribution in [0.1, 0.15) is 5.56 Å². The van der Waals surface area contributed by atoms with E-state index in [9.17, 15) is 4.79 Å². The van der Waals surface area contributed by atoms with E-state index in [1.165, 1.54) is 0 Å². The number of carboxylic acid groups (broad SMARTS) is 1. The molecule has 0 heterocycles. The second kappa shape index (κ2) is 7.01. The molecule has 4 N–H and O–H groups in total.